The average molecular weight is 450 g/mol. The van der Waals surface area contributed by atoms with Crippen molar-refractivity contribution in [2.75, 3.05) is 5.32 Å². The Hall–Kier alpha value is -4.10. The third-order valence-electron chi connectivity index (χ3n) is 4.65. The normalized spacial score (nSPS) is 15.3. The molecule has 3 aromatic carbocycles. The minimum atomic E-state index is -1.43. The van der Waals surface area contributed by atoms with Crippen molar-refractivity contribution in [1.82, 2.24) is 0 Å². The van der Waals surface area contributed by atoms with Crippen LogP contribution in [0, 0.1) is 0 Å². The van der Waals surface area contributed by atoms with Gasteiger partial charge in [0.25, 0.3) is 6.29 Å². The van der Waals surface area contributed by atoms with Crippen LogP contribution >= 0.6 is 11.6 Å². The molecule has 0 aliphatic carbocycles. The molecule has 0 aromatic heterocycles. The standard InChI is InChI=1S/C24H16ClNO6/c25-19-20(26-15-10-12-16(27)13-11-15)24(32-23(19)30)31-22(29)18-9-5-4-8-17(18)21(28)14-6-2-1-3-7-14/h1-13,24,26-27H. The number of phenols is 1. The molecule has 0 fully saturated rings. The van der Waals surface area contributed by atoms with Crippen LogP contribution in [-0.4, -0.2) is 29.1 Å². The molecule has 1 aliphatic heterocycles. The third kappa shape index (κ3) is 4.33. The first-order valence-corrected chi connectivity index (χ1v) is 9.88. The fourth-order valence-electron chi connectivity index (χ4n) is 3.08. The monoisotopic (exact) mass is 449 g/mol. The van der Waals surface area contributed by atoms with Gasteiger partial charge in [0, 0.05) is 16.8 Å². The third-order valence-corrected chi connectivity index (χ3v) is 5.01. The average Bonchev–Trinajstić information content (AvgIpc) is 3.07. The molecule has 160 valence electrons. The number of ketones is 1. The van der Waals surface area contributed by atoms with E-state index in [1.165, 1.54) is 24.3 Å². The molecule has 8 heteroatoms. The summed E-state index contributed by atoms with van der Waals surface area (Å²) in [6.07, 6.45) is -1.43. The lowest BCUT2D eigenvalue weighted by Crippen LogP contribution is -2.25. The van der Waals surface area contributed by atoms with Gasteiger partial charge >= 0.3 is 11.9 Å². The van der Waals surface area contributed by atoms with Gasteiger partial charge in [-0.3, -0.25) is 4.79 Å². The van der Waals surface area contributed by atoms with Gasteiger partial charge < -0.3 is 19.9 Å². The molecular weight excluding hydrogens is 434 g/mol. The highest BCUT2D eigenvalue weighted by Gasteiger charge is 2.37. The van der Waals surface area contributed by atoms with Crippen LogP contribution in [0.3, 0.4) is 0 Å². The SMILES string of the molecule is O=C1OC(OC(=O)c2ccccc2C(=O)c2ccccc2)C(Nc2ccc(O)cc2)=C1Cl. The number of rotatable bonds is 6. The largest absolute Gasteiger partial charge is 0.508 e. The summed E-state index contributed by atoms with van der Waals surface area (Å²) in [4.78, 5) is 37.8. The number of carbonyl (C=O) groups excluding carboxylic acids is 3. The number of benzene rings is 3. The Morgan fingerprint density at radius 2 is 1.53 bits per heavy atom. The zero-order chi connectivity index (χ0) is 22.7. The van der Waals surface area contributed by atoms with E-state index in [2.05, 4.69) is 5.32 Å². The van der Waals surface area contributed by atoms with Crippen molar-refractivity contribution in [1.29, 1.82) is 0 Å². The summed E-state index contributed by atoms with van der Waals surface area (Å²) < 4.78 is 10.5. The van der Waals surface area contributed by atoms with Crippen LogP contribution in [-0.2, 0) is 14.3 Å². The van der Waals surface area contributed by atoms with E-state index in [4.69, 9.17) is 21.1 Å². The lowest BCUT2D eigenvalue weighted by Gasteiger charge is -2.17. The van der Waals surface area contributed by atoms with Crippen molar-refractivity contribution in [3.05, 3.63) is 106 Å². The summed E-state index contributed by atoms with van der Waals surface area (Å²) in [5.74, 6) is -2.02. The Morgan fingerprint density at radius 1 is 0.906 bits per heavy atom. The van der Waals surface area contributed by atoms with Crippen LogP contribution in [0.2, 0.25) is 0 Å². The number of carbonyl (C=O) groups is 3. The molecule has 3 aromatic rings. The van der Waals surface area contributed by atoms with E-state index in [0.29, 0.717) is 11.3 Å². The first-order valence-electron chi connectivity index (χ1n) is 9.50. The predicted octanol–water partition coefficient (Wildman–Crippen LogP) is 4.23. The Labute approximate surface area is 187 Å². The van der Waals surface area contributed by atoms with Gasteiger partial charge in [-0.25, -0.2) is 9.59 Å². The van der Waals surface area contributed by atoms with Gasteiger partial charge in [-0.15, -0.1) is 0 Å². The molecule has 32 heavy (non-hydrogen) atoms. The highest BCUT2D eigenvalue weighted by Crippen LogP contribution is 2.29. The van der Waals surface area contributed by atoms with Crippen LogP contribution in [0.4, 0.5) is 5.69 Å². The lowest BCUT2D eigenvalue weighted by molar-refractivity contribution is -0.152. The first-order chi connectivity index (χ1) is 15.4. The second kappa shape index (κ2) is 8.95. The summed E-state index contributed by atoms with van der Waals surface area (Å²) in [5.41, 5.74) is 1.09. The Bertz CT molecular complexity index is 1220. The molecule has 0 spiro atoms. The second-order valence-electron chi connectivity index (χ2n) is 6.78. The van der Waals surface area contributed by atoms with Gasteiger partial charge in [0.1, 0.15) is 11.4 Å². The van der Waals surface area contributed by atoms with E-state index in [9.17, 15) is 19.5 Å². The summed E-state index contributed by atoms with van der Waals surface area (Å²) >= 11 is 6.04. The maximum Gasteiger partial charge on any atom is 0.355 e. The van der Waals surface area contributed by atoms with Crippen molar-refractivity contribution in [2.24, 2.45) is 0 Å². The highest BCUT2D eigenvalue weighted by atomic mass is 35.5. The van der Waals surface area contributed by atoms with Gasteiger partial charge in [-0.05, 0) is 30.3 Å². The first kappa shape index (κ1) is 21.1. The molecule has 0 bridgehead atoms. The minimum Gasteiger partial charge on any atom is -0.508 e. The van der Waals surface area contributed by atoms with Crippen molar-refractivity contribution < 1.29 is 29.0 Å². The Balaban J connectivity index is 1.58. The number of ether oxygens (including phenoxy) is 2. The van der Waals surface area contributed by atoms with E-state index in [0.717, 1.165) is 0 Å². The quantitative estimate of drug-likeness (QED) is 0.330. The van der Waals surface area contributed by atoms with Crippen molar-refractivity contribution in [3.8, 4) is 5.75 Å². The maximum absolute atomic E-state index is 12.9. The zero-order valence-corrected chi connectivity index (χ0v) is 17.2. The zero-order valence-electron chi connectivity index (χ0n) is 16.4. The number of hydrogen-bond donors (Lipinski definition) is 2. The molecule has 1 heterocycles. The van der Waals surface area contributed by atoms with Crippen LogP contribution in [0.1, 0.15) is 26.3 Å². The van der Waals surface area contributed by atoms with Gasteiger partial charge in [-0.1, -0.05) is 60.1 Å². The molecule has 0 saturated carbocycles. The number of nitrogens with one attached hydrogen (secondary N) is 1. The predicted molar refractivity (Wildman–Crippen MR) is 116 cm³/mol. The van der Waals surface area contributed by atoms with Crippen molar-refractivity contribution in [3.63, 3.8) is 0 Å². The van der Waals surface area contributed by atoms with E-state index < -0.39 is 18.2 Å². The van der Waals surface area contributed by atoms with Crippen molar-refractivity contribution >= 4 is 35.0 Å². The minimum absolute atomic E-state index is 0.0180. The molecule has 7 nitrogen and oxygen atoms in total. The number of halogens is 1. The number of anilines is 1. The second-order valence-corrected chi connectivity index (χ2v) is 7.16. The lowest BCUT2D eigenvalue weighted by atomic mass is 9.98. The van der Waals surface area contributed by atoms with Crippen LogP contribution < -0.4 is 5.32 Å². The molecule has 1 aliphatic rings. The smallest absolute Gasteiger partial charge is 0.355 e. The molecule has 1 atom stereocenters. The summed E-state index contributed by atoms with van der Waals surface area (Å²) in [7, 11) is 0. The fourth-order valence-corrected chi connectivity index (χ4v) is 3.26. The summed E-state index contributed by atoms with van der Waals surface area (Å²) in [6, 6.07) is 20.7. The molecular formula is C24H16ClNO6. The van der Waals surface area contributed by atoms with Gasteiger partial charge in [-0.2, -0.15) is 0 Å². The van der Waals surface area contributed by atoms with E-state index in [1.54, 1.807) is 54.6 Å². The highest BCUT2D eigenvalue weighted by molar-refractivity contribution is 6.42. The van der Waals surface area contributed by atoms with Crippen LogP contribution in [0.25, 0.3) is 0 Å². The van der Waals surface area contributed by atoms with Gasteiger partial charge in [0.15, 0.2) is 10.8 Å². The number of cyclic esters (lactones) is 1. The fraction of sp³-hybridized carbons (Fsp3) is 0.0417. The molecule has 0 amide bonds. The number of hydrogen-bond acceptors (Lipinski definition) is 7. The van der Waals surface area contributed by atoms with Gasteiger partial charge in [0.05, 0.1) is 5.56 Å². The van der Waals surface area contributed by atoms with Crippen LogP contribution in [0.5, 0.6) is 5.75 Å². The van der Waals surface area contributed by atoms with E-state index in [-0.39, 0.29) is 33.4 Å². The topological polar surface area (TPSA) is 102 Å². The molecule has 1 unspecified atom stereocenters. The van der Waals surface area contributed by atoms with Gasteiger partial charge in [0.2, 0.25) is 0 Å². The Morgan fingerprint density at radius 3 is 2.22 bits per heavy atom. The number of esters is 2. The molecule has 2 N–H and O–H groups in total. The molecule has 0 saturated heterocycles. The molecule has 0 radical (unpaired) electrons. The van der Waals surface area contributed by atoms with E-state index >= 15 is 0 Å². The number of phenolic OH excluding ortho intramolecular Hbond substituents is 1. The van der Waals surface area contributed by atoms with Crippen LogP contribution in [0.15, 0.2) is 89.6 Å². The number of aromatic hydroxyl groups is 1. The van der Waals surface area contributed by atoms with Crippen molar-refractivity contribution in [2.45, 2.75) is 6.29 Å². The van der Waals surface area contributed by atoms with E-state index in [1.807, 2.05) is 0 Å². The summed E-state index contributed by atoms with van der Waals surface area (Å²) in [6.45, 7) is 0. The summed E-state index contributed by atoms with van der Waals surface area (Å²) in [5, 5.41) is 12.0. The Kier molecular flexibility index (Phi) is 5.91. The molecule has 4 rings (SSSR count). The maximum atomic E-state index is 12.9.